The van der Waals surface area contributed by atoms with Crippen molar-refractivity contribution < 1.29 is 15.7 Å². The van der Waals surface area contributed by atoms with Crippen LogP contribution in [-0.4, -0.2) is 21.8 Å². The molecule has 0 saturated heterocycles. The summed E-state index contributed by atoms with van der Waals surface area (Å²) in [5.41, 5.74) is 2.17. The summed E-state index contributed by atoms with van der Waals surface area (Å²) in [6.45, 7) is 1.99. The van der Waals surface area contributed by atoms with Gasteiger partial charge in [-0.25, -0.2) is 0 Å². The van der Waals surface area contributed by atoms with Gasteiger partial charge in [-0.05, 0) is 36.2 Å². The monoisotopic (exact) mass is 293 g/mol. The lowest BCUT2D eigenvalue weighted by molar-refractivity contribution is -0.115. The van der Waals surface area contributed by atoms with E-state index < -0.39 is 0 Å². The van der Waals surface area contributed by atoms with Crippen molar-refractivity contribution in [3.8, 4) is 16.5 Å². The molecule has 20 heavy (non-hydrogen) atoms. The molecular weight excluding hydrogens is 278 g/mol. The van der Waals surface area contributed by atoms with Gasteiger partial charge in [0.05, 0.1) is 11.1 Å². The lowest BCUT2D eigenvalue weighted by atomic mass is 10.1. The molecular formula is C13H15N3O3S. The Balaban J connectivity index is 0.00000180. The molecule has 0 atom stereocenters. The Morgan fingerprint density at radius 1 is 1.40 bits per heavy atom. The van der Waals surface area contributed by atoms with Gasteiger partial charge in [-0.2, -0.15) is 5.26 Å². The van der Waals surface area contributed by atoms with Crippen LogP contribution in [0.5, 0.6) is 0 Å². The number of aryl methyl sites for hydroxylation is 1. The Morgan fingerprint density at radius 3 is 2.65 bits per heavy atom. The van der Waals surface area contributed by atoms with Crippen molar-refractivity contribution in [3.63, 3.8) is 0 Å². The van der Waals surface area contributed by atoms with E-state index in [0.717, 1.165) is 21.0 Å². The van der Waals surface area contributed by atoms with Crippen molar-refractivity contribution in [1.82, 2.24) is 4.98 Å². The number of carbonyl (C=O) groups excluding carboxylic acids is 1. The van der Waals surface area contributed by atoms with Crippen molar-refractivity contribution in [2.24, 2.45) is 0 Å². The quantitative estimate of drug-likeness (QED) is 0.915. The first-order valence-corrected chi connectivity index (χ1v) is 6.20. The minimum Gasteiger partial charge on any atom is -0.412 e. The number of rotatable bonds is 3. The maximum absolute atomic E-state index is 11.3. The molecule has 7 heteroatoms. The summed E-state index contributed by atoms with van der Waals surface area (Å²) >= 11 is 1.50. The van der Waals surface area contributed by atoms with Gasteiger partial charge < -0.3 is 16.3 Å². The molecule has 2 aromatic heterocycles. The number of thiophene rings is 1. The number of carbonyl (C=O) groups is 1. The fourth-order valence-electron chi connectivity index (χ4n) is 1.59. The summed E-state index contributed by atoms with van der Waals surface area (Å²) in [7, 11) is 0. The molecule has 0 saturated carbocycles. The molecule has 5 N–H and O–H groups in total. The SMILES string of the molecule is Cc1cc(NC(=O)CC#N)sc1-c1ccncc1.O.O. The number of anilines is 1. The zero-order chi connectivity index (χ0) is 13.0. The van der Waals surface area contributed by atoms with Gasteiger partial charge in [0, 0.05) is 17.3 Å². The summed E-state index contributed by atoms with van der Waals surface area (Å²) in [6.07, 6.45) is 3.35. The van der Waals surface area contributed by atoms with E-state index in [-0.39, 0.29) is 23.3 Å². The second-order valence-corrected chi connectivity index (χ2v) is 4.79. The molecule has 0 aromatic carbocycles. The van der Waals surface area contributed by atoms with Crippen LogP contribution >= 0.6 is 11.3 Å². The van der Waals surface area contributed by atoms with E-state index >= 15 is 0 Å². The van der Waals surface area contributed by atoms with Crippen molar-refractivity contribution in [3.05, 3.63) is 36.2 Å². The normalized spacial score (nSPS) is 8.80. The van der Waals surface area contributed by atoms with E-state index in [4.69, 9.17) is 5.26 Å². The van der Waals surface area contributed by atoms with E-state index in [1.54, 1.807) is 12.4 Å². The number of pyridine rings is 1. The lowest BCUT2D eigenvalue weighted by Crippen LogP contribution is -2.08. The predicted molar refractivity (Wildman–Crippen MR) is 78.4 cm³/mol. The Labute approximate surface area is 120 Å². The highest BCUT2D eigenvalue weighted by atomic mass is 32.1. The molecule has 0 aliphatic heterocycles. The first-order chi connectivity index (χ1) is 8.70. The fourth-order valence-corrected chi connectivity index (χ4v) is 2.68. The van der Waals surface area contributed by atoms with Crippen molar-refractivity contribution >= 4 is 22.2 Å². The molecule has 0 bridgehead atoms. The minimum atomic E-state index is -0.278. The number of aromatic nitrogens is 1. The molecule has 106 valence electrons. The largest absolute Gasteiger partial charge is 0.412 e. The molecule has 2 heterocycles. The highest BCUT2D eigenvalue weighted by Gasteiger charge is 2.09. The number of hydrogen-bond donors (Lipinski definition) is 1. The highest BCUT2D eigenvalue weighted by Crippen LogP contribution is 2.35. The van der Waals surface area contributed by atoms with E-state index in [9.17, 15) is 4.79 Å². The molecule has 0 radical (unpaired) electrons. The minimum absolute atomic E-state index is 0. The van der Waals surface area contributed by atoms with Gasteiger partial charge in [-0.15, -0.1) is 11.3 Å². The molecule has 2 rings (SSSR count). The number of nitrogens with one attached hydrogen (secondary N) is 1. The van der Waals surface area contributed by atoms with Gasteiger partial charge in [-0.1, -0.05) is 0 Å². The van der Waals surface area contributed by atoms with Gasteiger partial charge in [0.25, 0.3) is 0 Å². The lowest BCUT2D eigenvalue weighted by Gasteiger charge is -1.98. The van der Waals surface area contributed by atoms with Gasteiger partial charge in [0.15, 0.2) is 0 Å². The maximum Gasteiger partial charge on any atom is 0.239 e. The second kappa shape index (κ2) is 8.01. The van der Waals surface area contributed by atoms with Crippen LogP contribution in [0.4, 0.5) is 5.00 Å². The molecule has 0 aliphatic carbocycles. The summed E-state index contributed by atoms with van der Waals surface area (Å²) < 4.78 is 0. The second-order valence-electron chi connectivity index (χ2n) is 3.74. The van der Waals surface area contributed by atoms with Gasteiger partial charge in [-0.3, -0.25) is 9.78 Å². The van der Waals surface area contributed by atoms with Gasteiger partial charge in [0.1, 0.15) is 6.42 Å². The average Bonchev–Trinajstić information content (AvgIpc) is 2.71. The van der Waals surface area contributed by atoms with Crippen molar-refractivity contribution in [2.45, 2.75) is 13.3 Å². The molecule has 0 aliphatic rings. The summed E-state index contributed by atoms with van der Waals surface area (Å²) in [6, 6.07) is 7.60. The summed E-state index contributed by atoms with van der Waals surface area (Å²) in [4.78, 5) is 16.4. The first-order valence-electron chi connectivity index (χ1n) is 5.38. The standard InChI is InChI=1S/C13H11N3OS.2H2O/c1-9-8-12(16-11(17)2-5-14)18-13(9)10-3-6-15-7-4-10;;/h3-4,6-8H,2H2,1H3,(H,16,17);2*1H2. The van der Waals surface area contributed by atoms with Crippen LogP contribution in [0.2, 0.25) is 0 Å². The van der Waals surface area contributed by atoms with Crippen molar-refractivity contribution in [2.75, 3.05) is 5.32 Å². The van der Waals surface area contributed by atoms with Crippen LogP contribution in [0.25, 0.3) is 10.4 Å². The van der Waals surface area contributed by atoms with Crippen LogP contribution < -0.4 is 5.32 Å². The maximum atomic E-state index is 11.3. The molecule has 2 aromatic rings. The third-order valence-electron chi connectivity index (χ3n) is 2.36. The van der Waals surface area contributed by atoms with Crippen LogP contribution in [0.15, 0.2) is 30.6 Å². The van der Waals surface area contributed by atoms with E-state index in [0.29, 0.717) is 0 Å². The summed E-state index contributed by atoms with van der Waals surface area (Å²) in [5, 5.41) is 11.9. The Hall–Kier alpha value is -2.27. The van der Waals surface area contributed by atoms with Crippen LogP contribution in [0, 0.1) is 18.3 Å². The Bertz CT molecular complexity index is 605. The predicted octanol–water partition coefficient (Wildman–Crippen LogP) is 1.32. The number of hydrogen-bond acceptors (Lipinski definition) is 4. The van der Waals surface area contributed by atoms with Crippen LogP contribution in [0.3, 0.4) is 0 Å². The fraction of sp³-hybridized carbons (Fsp3) is 0.154. The third kappa shape index (κ3) is 4.13. The molecule has 0 unspecified atom stereocenters. The van der Waals surface area contributed by atoms with Crippen molar-refractivity contribution in [1.29, 1.82) is 5.26 Å². The molecule has 6 nitrogen and oxygen atoms in total. The first kappa shape index (κ1) is 17.7. The van der Waals surface area contributed by atoms with Gasteiger partial charge >= 0.3 is 0 Å². The van der Waals surface area contributed by atoms with Gasteiger partial charge in [0.2, 0.25) is 5.91 Å². The topological polar surface area (TPSA) is 129 Å². The number of nitrogens with zero attached hydrogens (tertiary/aromatic N) is 2. The third-order valence-corrected chi connectivity index (χ3v) is 3.56. The molecule has 0 spiro atoms. The average molecular weight is 293 g/mol. The number of nitriles is 1. The van der Waals surface area contributed by atoms with E-state index in [1.165, 1.54) is 11.3 Å². The highest BCUT2D eigenvalue weighted by molar-refractivity contribution is 7.19. The Kier molecular flexibility index (Phi) is 7.10. The van der Waals surface area contributed by atoms with Crippen LogP contribution in [-0.2, 0) is 4.79 Å². The van der Waals surface area contributed by atoms with E-state index in [1.807, 2.05) is 31.2 Å². The van der Waals surface area contributed by atoms with E-state index in [2.05, 4.69) is 10.3 Å². The summed E-state index contributed by atoms with van der Waals surface area (Å²) in [5.74, 6) is -0.278. The zero-order valence-electron chi connectivity index (χ0n) is 10.8. The zero-order valence-corrected chi connectivity index (χ0v) is 11.6. The Morgan fingerprint density at radius 2 is 2.05 bits per heavy atom. The molecule has 1 amide bonds. The number of amides is 1. The smallest absolute Gasteiger partial charge is 0.239 e. The molecule has 0 fully saturated rings. The van der Waals surface area contributed by atoms with Crippen LogP contribution in [0.1, 0.15) is 12.0 Å².